The van der Waals surface area contributed by atoms with Crippen LogP contribution in [-0.2, 0) is 4.79 Å². The van der Waals surface area contributed by atoms with Crippen LogP contribution in [0.25, 0.3) is 0 Å². The minimum atomic E-state index is -0.332. The lowest BCUT2D eigenvalue weighted by molar-refractivity contribution is -0.122. The lowest BCUT2D eigenvalue weighted by atomic mass is 10.1. The molecule has 0 radical (unpaired) electrons. The molecule has 1 aliphatic rings. The second kappa shape index (κ2) is 3.66. The van der Waals surface area contributed by atoms with Gasteiger partial charge in [0.05, 0.1) is 6.04 Å². The van der Waals surface area contributed by atoms with Crippen LogP contribution in [-0.4, -0.2) is 18.5 Å². The summed E-state index contributed by atoms with van der Waals surface area (Å²) in [5.74, 6) is 0.644. The maximum absolute atomic E-state index is 11.3. The Morgan fingerprint density at radius 2 is 2.23 bits per heavy atom. The Morgan fingerprint density at radius 3 is 2.62 bits per heavy atom. The number of amides is 1. The van der Waals surface area contributed by atoms with E-state index in [0.29, 0.717) is 17.8 Å². The Labute approximate surface area is 80.1 Å². The van der Waals surface area contributed by atoms with E-state index in [1.807, 2.05) is 6.92 Å². The second-order valence-electron chi connectivity index (χ2n) is 4.65. The fourth-order valence-corrected chi connectivity index (χ4v) is 1.46. The summed E-state index contributed by atoms with van der Waals surface area (Å²) in [4.78, 5) is 11.3. The highest BCUT2D eigenvalue weighted by Crippen LogP contribution is 2.50. The van der Waals surface area contributed by atoms with Crippen LogP contribution in [0.4, 0.5) is 0 Å². The van der Waals surface area contributed by atoms with Crippen molar-refractivity contribution in [1.29, 1.82) is 0 Å². The average Bonchev–Trinajstić information content (AvgIpc) is 2.68. The molecule has 3 N–H and O–H groups in total. The fourth-order valence-electron chi connectivity index (χ4n) is 1.46. The van der Waals surface area contributed by atoms with Crippen LogP contribution in [0.1, 0.15) is 33.6 Å². The van der Waals surface area contributed by atoms with Gasteiger partial charge >= 0.3 is 0 Å². The van der Waals surface area contributed by atoms with Crippen molar-refractivity contribution in [1.82, 2.24) is 5.32 Å². The average molecular weight is 184 g/mol. The van der Waals surface area contributed by atoms with Crippen LogP contribution in [0.3, 0.4) is 0 Å². The quantitative estimate of drug-likeness (QED) is 0.681. The zero-order chi connectivity index (χ0) is 10.1. The molecule has 0 spiro atoms. The number of nitrogens with two attached hydrogens (primary N) is 1. The van der Waals surface area contributed by atoms with Crippen molar-refractivity contribution < 1.29 is 4.79 Å². The first-order valence-electron chi connectivity index (χ1n) is 5.00. The van der Waals surface area contributed by atoms with E-state index < -0.39 is 0 Å². The van der Waals surface area contributed by atoms with Crippen LogP contribution in [0, 0.1) is 11.3 Å². The highest BCUT2D eigenvalue weighted by atomic mass is 16.2. The van der Waals surface area contributed by atoms with Crippen molar-refractivity contribution in [2.45, 2.75) is 39.7 Å². The van der Waals surface area contributed by atoms with Gasteiger partial charge in [0.2, 0.25) is 5.91 Å². The van der Waals surface area contributed by atoms with E-state index in [2.05, 4.69) is 19.2 Å². The molecular weight excluding hydrogens is 164 g/mol. The van der Waals surface area contributed by atoms with Crippen molar-refractivity contribution in [2.75, 3.05) is 6.54 Å². The van der Waals surface area contributed by atoms with Crippen LogP contribution in [0.5, 0.6) is 0 Å². The number of hydrogen-bond acceptors (Lipinski definition) is 2. The highest BCUT2D eigenvalue weighted by Gasteiger charge is 2.45. The summed E-state index contributed by atoms with van der Waals surface area (Å²) in [7, 11) is 0. The molecule has 13 heavy (non-hydrogen) atoms. The molecule has 2 unspecified atom stereocenters. The van der Waals surface area contributed by atoms with Crippen molar-refractivity contribution >= 4 is 5.91 Å². The molecule has 0 heterocycles. The maximum Gasteiger partial charge on any atom is 0.236 e. The summed E-state index contributed by atoms with van der Waals surface area (Å²) >= 11 is 0. The highest BCUT2D eigenvalue weighted by molar-refractivity contribution is 5.81. The predicted molar refractivity (Wildman–Crippen MR) is 53.2 cm³/mol. The minimum Gasteiger partial charge on any atom is -0.354 e. The monoisotopic (exact) mass is 184 g/mol. The Hall–Kier alpha value is -0.570. The summed E-state index contributed by atoms with van der Waals surface area (Å²) < 4.78 is 0. The molecule has 0 aliphatic heterocycles. The molecule has 3 heteroatoms. The molecule has 0 aromatic carbocycles. The summed E-state index contributed by atoms with van der Waals surface area (Å²) in [6.45, 7) is 7.16. The van der Waals surface area contributed by atoms with Crippen LogP contribution in [0.2, 0.25) is 0 Å². The molecule has 0 saturated heterocycles. The third-order valence-electron chi connectivity index (χ3n) is 3.02. The molecule has 76 valence electrons. The molecular formula is C10H20N2O. The summed E-state index contributed by atoms with van der Waals surface area (Å²) in [5.41, 5.74) is 6.01. The van der Waals surface area contributed by atoms with Crippen molar-refractivity contribution in [3.05, 3.63) is 0 Å². The molecule has 0 aromatic heterocycles. The molecule has 1 aliphatic carbocycles. The van der Waals surface area contributed by atoms with Crippen molar-refractivity contribution in [3.8, 4) is 0 Å². The molecule has 1 amide bonds. The lowest BCUT2D eigenvalue weighted by Crippen LogP contribution is -2.41. The smallest absolute Gasteiger partial charge is 0.236 e. The summed E-state index contributed by atoms with van der Waals surface area (Å²) in [5, 5.41) is 2.89. The molecule has 1 fully saturated rings. The Morgan fingerprint density at radius 1 is 1.69 bits per heavy atom. The van der Waals surface area contributed by atoms with Gasteiger partial charge in [-0.05, 0) is 24.2 Å². The van der Waals surface area contributed by atoms with Gasteiger partial charge in [-0.2, -0.15) is 0 Å². The molecule has 3 nitrogen and oxygen atoms in total. The van der Waals surface area contributed by atoms with Crippen LogP contribution >= 0.6 is 0 Å². The number of hydrogen-bond donors (Lipinski definition) is 2. The molecule has 1 saturated carbocycles. The number of carbonyl (C=O) groups is 1. The van der Waals surface area contributed by atoms with E-state index in [1.54, 1.807) is 0 Å². The van der Waals surface area contributed by atoms with Gasteiger partial charge in [-0.1, -0.05) is 20.8 Å². The number of carbonyl (C=O) groups excluding carboxylic acids is 1. The van der Waals surface area contributed by atoms with E-state index in [4.69, 9.17) is 5.73 Å². The van der Waals surface area contributed by atoms with Crippen molar-refractivity contribution in [3.63, 3.8) is 0 Å². The standard InChI is InChI=1S/C10H20N2O/c1-4-8(11)9(13)12-6-7-5-10(7,2)3/h7-8H,4-6,11H2,1-3H3,(H,12,13). The Balaban J connectivity index is 2.17. The SMILES string of the molecule is CCC(N)C(=O)NCC1CC1(C)C. The van der Waals surface area contributed by atoms with E-state index in [1.165, 1.54) is 6.42 Å². The number of rotatable bonds is 4. The number of nitrogens with one attached hydrogen (secondary N) is 1. The minimum absolute atomic E-state index is 0.00907. The van der Waals surface area contributed by atoms with E-state index in [9.17, 15) is 4.79 Å². The van der Waals surface area contributed by atoms with E-state index >= 15 is 0 Å². The van der Waals surface area contributed by atoms with Gasteiger partial charge in [0.15, 0.2) is 0 Å². The third kappa shape index (κ3) is 2.69. The van der Waals surface area contributed by atoms with Crippen molar-refractivity contribution in [2.24, 2.45) is 17.1 Å². The second-order valence-corrected chi connectivity index (χ2v) is 4.65. The lowest BCUT2D eigenvalue weighted by Gasteiger charge is -2.10. The topological polar surface area (TPSA) is 55.1 Å². The first-order valence-corrected chi connectivity index (χ1v) is 5.00. The van der Waals surface area contributed by atoms with E-state index in [-0.39, 0.29) is 11.9 Å². The van der Waals surface area contributed by atoms with Gasteiger partial charge in [-0.3, -0.25) is 4.79 Å². The fraction of sp³-hybridized carbons (Fsp3) is 0.900. The summed E-state index contributed by atoms with van der Waals surface area (Å²) in [6, 6.07) is -0.332. The van der Waals surface area contributed by atoms with E-state index in [0.717, 1.165) is 6.54 Å². The normalized spacial score (nSPS) is 26.6. The Kier molecular flexibility index (Phi) is 2.96. The van der Waals surface area contributed by atoms with Gasteiger partial charge in [-0.25, -0.2) is 0 Å². The van der Waals surface area contributed by atoms with Gasteiger partial charge in [0.25, 0.3) is 0 Å². The summed E-state index contributed by atoms with van der Waals surface area (Å²) in [6.07, 6.45) is 1.93. The molecule has 0 aromatic rings. The molecule has 0 bridgehead atoms. The molecule has 2 atom stereocenters. The maximum atomic E-state index is 11.3. The van der Waals surface area contributed by atoms with Gasteiger partial charge in [0.1, 0.15) is 0 Å². The van der Waals surface area contributed by atoms with Crippen LogP contribution in [0.15, 0.2) is 0 Å². The molecule has 1 rings (SSSR count). The Bertz CT molecular complexity index is 201. The first kappa shape index (κ1) is 10.5. The predicted octanol–water partition coefficient (Wildman–Crippen LogP) is 0.886. The van der Waals surface area contributed by atoms with Crippen LogP contribution < -0.4 is 11.1 Å². The van der Waals surface area contributed by atoms with Gasteiger partial charge in [-0.15, -0.1) is 0 Å². The zero-order valence-electron chi connectivity index (χ0n) is 8.76. The first-order chi connectivity index (χ1) is 5.97. The largest absolute Gasteiger partial charge is 0.354 e. The third-order valence-corrected chi connectivity index (χ3v) is 3.02. The van der Waals surface area contributed by atoms with Gasteiger partial charge < -0.3 is 11.1 Å². The van der Waals surface area contributed by atoms with Gasteiger partial charge in [0, 0.05) is 6.54 Å². The zero-order valence-corrected chi connectivity index (χ0v) is 8.76.